The highest BCUT2D eigenvalue weighted by molar-refractivity contribution is 14.0. The molecule has 23 heavy (non-hydrogen) atoms. The Hall–Kier alpha value is -1.31. The van der Waals surface area contributed by atoms with E-state index in [-0.39, 0.29) is 35.9 Å². The molecule has 1 aliphatic rings. The molecule has 0 unspecified atom stereocenters. The largest absolute Gasteiger partial charge is 0.356 e. The molecule has 0 radical (unpaired) electrons. The van der Waals surface area contributed by atoms with Gasteiger partial charge in [0.15, 0.2) is 5.96 Å². The van der Waals surface area contributed by atoms with E-state index in [2.05, 4.69) is 33.1 Å². The Labute approximate surface area is 155 Å². The third-order valence-corrected chi connectivity index (χ3v) is 3.27. The summed E-state index contributed by atoms with van der Waals surface area (Å²) in [5.41, 5.74) is 1.18. The Morgan fingerprint density at radius 1 is 1.26 bits per heavy atom. The van der Waals surface area contributed by atoms with Gasteiger partial charge in [-0.2, -0.15) is 0 Å². The van der Waals surface area contributed by atoms with Crippen LogP contribution in [0, 0.1) is 0 Å². The molecule has 3 N–H and O–H groups in total. The van der Waals surface area contributed by atoms with Gasteiger partial charge in [0.25, 0.3) is 0 Å². The fourth-order valence-electron chi connectivity index (χ4n) is 2.02. The van der Waals surface area contributed by atoms with Crippen molar-refractivity contribution >= 4 is 35.8 Å². The molecular weight excluding hydrogens is 403 g/mol. The molecule has 2 rings (SSSR count). The van der Waals surface area contributed by atoms with Crippen molar-refractivity contribution in [3.63, 3.8) is 0 Å². The average molecular weight is 430 g/mol. The summed E-state index contributed by atoms with van der Waals surface area (Å²) >= 11 is 0. The number of hydrogen-bond donors (Lipinski definition) is 3. The number of carbonyl (C=O) groups is 1. The van der Waals surface area contributed by atoms with E-state index in [1.807, 2.05) is 32.0 Å². The van der Waals surface area contributed by atoms with Crippen LogP contribution in [0.4, 0.5) is 0 Å². The quantitative estimate of drug-likeness (QED) is 0.354. The summed E-state index contributed by atoms with van der Waals surface area (Å²) in [5, 5.41) is 9.51. The van der Waals surface area contributed by atoms with Crippen LogP contribution in [0.1, 0.15) is 38.7 Å². The van der Waals surface area contributed by atoms with Crippen LogP contribution >= 0.6 is 24.0 Å². The van der Waals surface area contributed by atoms with Gasteiger partial charge in [0.1, 0.15) is 0 Å². The zero-order valence-electron chi connectivity index (χ0n) is 13.8. The first-order chi connectivity index (χ1) is 10.6. The maximum absolute atomic E-state index is 11.6. The van der Waals surface area contributed by atoms with Crippen molar-refractivity contribution in [2.45, 2.75) is 51.7 Å². The Kier molecular flexibility index (Phi) is 8.98. The Bertz CT molecular complexity index is 501. The molecule has 1 aliphatic carbocycles. The Balaban J connectivity index is 0.00000264. The molecule has 5 nitrogen and oxygen atoms in total. The normalized spacial score (nSPS) is 14.1. The first-order valence-electron chi connectivity index (χ1n) is 8.01. The number of aliphatic imine (C=N–C) groups is 1. The highest BCUT2D eigenvalue weighted by Crippen LogP contribution is 2.18. The topological polar surface area (TPSA) is 65.5 Å². The van der Waals surface area contributed by atoms with Gasteiger partial charge in [-0.15, -0.1) is 24.0 Å². The molecule has 1 aromatic rings. The fourth-order valence-corrected chi connectivity index (χ4v) is 2.02. The van der Waals surface area contributed by atoms with Gasteiger partial charge in [-0.1, -0.05) is 30.3 Å². The third-order valence-electron chi connectivity index (χ3n) is 3.27. The van der Waals surface area contributed by atoms with Crippen LogP contribution in [0.2, 0.25) is 0 Å². The van der Waals surface area contributed by atoms with Crippen molar-refractivity contribution < 1.29 is 4.79 Å². The van der Waals surface area contributed by atoms with Crippen LogP contribution in [0.5, 0.6) is 0 Å². The number of guanidine groups is 1. The summed E-state index contributed by atoms with van der Waals surface area (Å²) in [6.07, 6.45) is 2.84. The van der Waals surface area contributed by atoms with Crippen LogP contribution in [0.15, 0.2) is 35.3 Å². The lowest BCUT2D eigenvalue weighted by Crippen LogP contribution is -2.41. The van der Waals surface area contributed by atoms with Gasteiger partial charge in [-0.3, -0.25) is 4.79 Å². The van der Waals surface area contributed by atoms with Gasteiger partial charge < -0.3 is 16.0 Å². The SMILES string of the molecule is CC(C)NC(=O)CCNC(=NCc1ccccc1)NC1CC1.I. The number of benzene rings is 1. The number of nitrogens with zero attached hydrogens (tertiary/aromatic N) is 1. The van der Waals surface area contributed by atoms with Crippen molar-refractivity contribution in [2.75, 3.05) is 6.54 Å². The van der Waals surface area contributed by atoms with E-state index in [0.29, 0.717) is 25.6 Å². The van der Waals surface area contributed by atoms with Crippen LogP contribution in [-0.4, -0.2) is 30.5 Å². The molecular formula is C17H27IN4O. The number of rotatable bonds is 7. The van der Waals surface area contributed by atoms with Gasteiger partial charge in [0.2, 0.25) is 5.91 Å². The van der Waals surface area contributed by atoms with E-state index >= 15 is 0 Å². The third kappa shape index (κ3) is 8.78. The lowest BCUT2D eigenvalue weighted by Gasteiger charge is -2.13. The standard InChI is InChI=1S/C17H26N4O.HI/c1-13(2)20-16(22)10-11-18-17(21-15-8-9-15)19-12-14-6-4-3-5-7-14;/h3-7,13,15H,8-12H2,1-2H3,(H,20,22)(H2,18,19,21);1H. The number of carbonyl (C=O) groups excluding carboxylic acids is 1. The maximum atomic E-state index is 11.6. The fraction of sp³-hybridized carbons (Fsp3) is 0.529. The average Bonchev–Trinajstić information content (AvgIpc) is 3.29. The first kappa shape index (κ1) is 19.7. The molecule has 0 bridgehead atoms. The van der Waals surface area contributed by atoms with Gasteiger partial charge in [-0.05, 0) is 32.3 Å². The highest BCUT2D eigenvalue weighted by atomic mass is 127. The monoisotopic (exact) mass is 430 g/mol. The van der Waals surface area contributed by atoms with Crippen LogP contribution in [0.25, 0.3) is 0 Å². The summed E-state index contributed by atoms with van der Waals surface area (Å²) in [5.74, 6) is 0.861. The van der Waals surface area contributed by atoms with Crippen molar-refractivity contribution in [1.29, 1.82) is 0 Å². The van der Waals surface area contributed by atoms with Crippen LogP contribution in [-0.2, 0) is 11.3 Å². The number of hydrogen-bond acceptors (Lipinski definition) is 2. The van der Waals surface area contributed by atoms with Crippen molar-refractivity contribution in [2.24, 2.45) is 4.99 Å². The lowest BCUT2D eigenvalue weighted by molar-refractivity contribution is -0.121. The summed E-state index contributed by atoms with van der Waals surface area (Å²) in [6.45, 7) is 5.16. The van der Waals surface area contributed by atoms with Gasteiger partial charge >= 0.3 is 0 Å². The first-order valence-corrected chi connectivity index (χ1v) is 8.01. The van der Waals surface area contributed by atoms with E-state index in [4.69, 9.17) is 0 Å². The summed E-state index contributed by atoms with van der Waals surface area (Å²) in [4.78, 5) is 16.2. The molecule has 128 valence electrons. The molecule has 0 heterocycles. The molecule has 0 aliphatic heterocycles. The van der Waals surface area contributed by atoms with Gasteiger partial charge in [0, 0.05) is 25.0 Å². The predicted molar refractivity (Wildman–Crippen MR) is 105 cm³/mol. The van der Waals surface area contributed by atoms with Crippen molar-refractivity contribution in [3.8, 4) is 0 Å². The number of nitrogens with one attached hydrogen (secondary N) is 3. The summed E-state index contributed by atoms with van der Waals surface area (Å²) in [7, 11) is 0. The molecule has 0 aromatic heterocycles. The van der Waals surface area contributed by atoms with Crippen LogP contribution < -0.4 is 16.0 Å². The second kappa shape index (κ2) is 10.5. The molecule has 0 spiro atoms. The zero-order chi connectivity index (χ0) is 15.8. The Morgan fingerprint density at radius 3 is 2.57 bits per heavy atom. The van der Waals surface area contributed by atoms with E-state index in [1.165, 1.54) is 18.4 Å². The van der Waals surface area contributed by atoms with Crippen molar-refractivity contribution in [3.05, 3.63) is 35.9 Å². The van der Waals surface area contributed by atoms with E-state index in [0.717, 1.165) is 5.96 Å². The Morgan fingerprint density at radius 2 is 1.96 bits per heavy atom. The molecule has 1 saturated carbocycles. The summed E-state index contributed by atoms with van der Waals surface area (Å²) < 4.78 is 0. The van der Waals surface area contributed by atoms with E-state index in [9.17, 15) is 4.79 Å². The summed E-state index contributed by atoms with van der Waals surface area (Å²) in [6, 6.07) is 10.9. The lowest BCUT2D eigenvalue weighted by atomic mass is 10.2. The molecule has 0 saturated heterocycles. The number of amides is 1. The maximum Gasteiger partial charge on any atom is 0.221 e. The smallest absolute Gasteiger partial charge is 0.221 e. The van der Waals surface area contributed by atoms with Crippen LogP contribution in [0.3, 0.4) is 0 Å². The molecule has 1 aromatic carbocycles. The van der Waals surface area contributed by atoms with Gasteiger partial charge in [-0.25, -0.2) is 4.99 Å². The zero-order valence-corrected chi connectivity index (χ0v) is 16.2. The predicted octanol–water partition coefficient (Wildman–Crippen LogP) is 2.42. The van der Waals surface area contributed by atoms with E-state index < -0.39 is 0 Å². The van der Waals surface area contributed by atoms with E-state index in [1.54, 1.807) is 0 Å². The molecule has 6 heteroatoms. The minimum Gasteiger partial charge on any atom is -0.356 e. The molecule has 1 amide bonds. The second-order valence-corrected chi connectivity index (χ2v) is 5.97. The molecule has 0 atom stereocenters. The second-order valence-electron chi connectivity index (χ2n) is 5.97. The highest BCUT2D eigenvalue weighted by Gasteiger charge is 2.22. The minimum absolute atomic E-state index is 0. The van der Waals surface area contributed by atoms with Gasteiger partial charge in [0.05, 0.1) is 6.54 Å². The minimum atomic E-state index is 0. The van der Waals surface area contributed by atoms with Crippen molar-refractivity contribution in [1.82, 2.24) is 16.0 Å². The molecule has 1 fully saturated rings. The number of halogens is 1.